The van der Waals surface area contributed by atoms with Crippen molar-refractivity contribution in [3.05, 3.63) is 30.3 Å². The van der Waals surface area contributed by atoms with Gasteiger partial charge in [-0.2, -0.15) is 0 Å². The number of guanidine groups is 1. The first kappa shape index (κ1) is 17.9. The Morgan fingerprint density at radius 3 is 2.33 bits per heavy atom. The second-order valence-electron chi connectivity index (χ2n) is 5.76. The topological polar surface area (TPSA) is 48.5 Å². The maximum absolute atomic E-state index is 4.22. The van der Waals surface area contributed by atoms with E-state index in [1.165, 1.54) is 4.90 Å². The van der Waals surface area contributed by atoms with Crippen LogP contribution in [0.1, 0.15) is 20.8 Å². The van der Waals surface area contributed by atoms with Crippen molar-refractivity contribution in [2.45, 2.75) is 31.2 Å². The monoisotopic (exact) mass is 308 g/mol. The van der Waals surface area contributed by atoms with Crippen LogP contribution in [-0.2, 0) is 0 Å². The Morgan fingerprint density at radius 2 is 1.71 bits per heavy atom. The zero-order chi connectivity index (χ0) is 15.6. The lowest BCUT2D eigenvalue weighted by Crippen LogP contribution is -2.44. The minimum absolute atomic E-state index is 0.158. The van der Waals surface area contributed by atoms with Gasteiger partial charge in [-0.15, -0.1) is 11.8 Å². The molecule has 5 heteroatoms. The van der Waals surface area contributed by atoms with Gasteiger partial charge in [0.15, 0.2) is 5.96 Å². The zero-order valence-electron chi connectivity index (χ0n) is 13.6. The van der Waals surface area contributed by atoms with Crippen LogP contribution in [-0.4, -0.2) is 43.9 Å². The Morgan fingerprint density at radius 1 is 1.05 bits per heavy atom. The fourth-order valence-corrected chi connectivity index (χ4v) is 2.48. The Balaban J connectivity index is 2.11. The van der Waals surface area contributed by atoms with Gasteiger partial charge in [-0.1, -0.05) is 18.2 Å². The van der Waals surface area contributed by atoms with Crippen molar-refractivity contribution in [1.29, 1.82) is 0 Å². The lowest BCUT2D eigenvalue weighted by atomic mass is 10.1. The standard InChI is InChI=1S/C16H28N4S/c1-16(2,3)20-11-10-18-15(17-4)19-12-13-21-14-8-6-5-7-9-14/h5-9,20H,10-13H2,1-4H3,(H2,17,18,19). The molecular weight excluding hydrogens is 280 g/mol. The number of aliphatic imine (C=N–C) groups is 1. The third-order valence-corrected chi connectivity index (χ3v) is 3.72. The molecule has 0 amide bonds. The molecule has 0 spiro atoms. The molecule has 0 bridgehead atoms. The van der Waals surface area contributed by atoms with Crippen LogP contribution in [0.2, 0.25) is 0 Å². The third-order valence-electron chi connectivity index (χ3n) is 2.70. The average Bonchev–Trinajstić information content (AvgIpc) is 2.45. The second kappa shape index (κ2) is 9.68. The van der Waals surface area contributed by atoms with E-state index >= 15 is 0 Å². The molecule has 0 fully saturated rings. The quantitative estimate of drug-likeness (QED) is 0.313. The first-order valence-corrected chi connectivity index (χ1v) is 8.37. The number of hydrogen-bond acceptors (Lipinski definition) is 3. The molecule has 0 saturated carbocycles. The summed E-state index contributed by atoms with van der Waals surface area (Å²) in [5.41, 5.74) is 0.158. The van der Waals surface area contributed by atoms with E-state index in [-0.39, 0.29) is 5.54 Å². The normalized spacial score (nSPS) is 12.3. The minimum Gasteiger partial charge on any atom is -0.356 e. The van der Waals surface area contributed by atoms with E-state index in [1.54, 1.807) is 7.05 Å². The first-order valence-electron chi connectivity index (χ1n) is 7.38. The molecule has 0 radical (unpaired) electrons. The van der Waals surface area contributed by atoms with Gasteiger partial charge in [0.25, 0.3) is 0 Å². The van der Waals surface area contributed by atoms with E-state index < -0.39 is 0 Å². The summed E-state index contributed by atoms with van der Waals surface area (Å²) in [4.78, 5) is 5.53. The number of nitrogens with zero attached hydrogens (tertiary/aromatic N) is 1. The van der Waals surface area contributed by atoms with Gasteiger partial charge in [0, 0.05) is 42.9 Å². The number of benzene rings is 1. The van der Waals surface area contributed by atoms with Gasteiger partial charge in [-0.05, 0) is 32.9 Å². The molecule has 0 saturated heterocycles. The highest BCUT2D eigenvalue weighted by Crippen LogP contribution is 2.15. The van der Waals surface area contributed by atoms with Crippen molar-refractivity contribution < 1.29 is 0 Å². The fourth-order valence-electron chi connectivity index (χ4n) is 1.69. The molecule has 0 heterocycles. The first-order chi connectivity index (χ1) is 10.0. The molecule has 0 aliphatic heterocycles. The molecule has 0 aromatic heterocycles. The summed E-state index contributed by atoms with van der Waals surface area (Å²) >= 11 is 1.85. The summed E-state index contributed by atoms with van der Waals surface area (Å²) in [6.07, 6.45) is 0. The SMILES string of the molecule is CN=C(NCCNC(C)(C)C)NCCSc1ccccc1. The number of rotatable bonds is 7. The minimum atomic E-state index is 0.158. The van der Waals surface area contributed by atoms with Crippen LogP contribution in [0.5, 0.6) is 0 Å². The number of hydrogen-bond donors (Lipinski definition) is 3. The van der Waals surface area contributed by atoms with E-state index in [1.807, 2.05) is 17.8 Å². The van der Waals surface area contributed by atoms with Crippen molar-refractivity contribution in [3.8, 4) is 0 Å². The van der Waals surface area contributed by atoms with Gasteiger partial charge in [0.05, 0.1) is 0 Å². The van der Waals surface area contributed by atoms with Crippen molar-refractivity contribution in [2.24, 2.45) is 4.99 Å². The average molecular weight is 308 g/mol. The lowest BCUT2D eigenvalue weighted by molar-refractivity contribution is 0.428. The molecule has 3 N–H and O–H groups in total. The second-order valence-corrected chi connectivity index (χ2v) is 6.93. The van der Waals surface area contributed by atoms with Crippen LogP contribution in [0.3, 0.4) is 0 Å². The van der Waals surface area contributed by atoms with E-state index in [9.17, 15) is 0 Å². The van der Waals surface area contributed by atoms with Gasteiger partial charge in [-0.3, -0.25) is 4.99 Å². The number of nitrogens with one attached hydrogen (secondary N) is 3. The van der Waals surface area contributed by atoms with Gasteiger partial charge in [-0.25, -0.2) is 0 Å². The van der Waals surface area contributed by atoms with E-state index in [4.69, 9.17) is 0 Å². The van der Waals surface area contributed by atoms with Gasteiger partial charge >= 0.3 is 0 Å². The smallest absolute Gasteiger partial charge is 0.191 e. The van der Waals surface area contributed by atoms with E-state index in [0.717, 1.165) is 31.3 Å². The van der Waals surface area contributed by atoms with Crippen molar-refractivity contribution in [3.63, 3.8) is 0 Å². The maximum Gasteiger partial charge on any atom is 0.191 e. The van der Waals surface area contributed by atoms with Gasteiger partial charge < -0.3 is 16.0 Å². The summed E-state index contributed by atoms with van der Waals surface area (Å²) in [6, 6.07) is 10.4. The van der Waals surface area contributed by atoms with Crippen LogP contribution in [0.15, 0.2) is 40.2 Å². The lowest BCUT2D eigenvalue weighted by Gasteiger charge is -2.21. The Bertz CT molecular complexity index is 412. The third kappa shape index (κ3) is 9.37. The van der Waals surface area contributed by atoms with Crippen LogP contribution in [0.25, 0.3) is 0 Å². The summed E-state index contributed by atoms with van der Waals surface area (Å²) in [7, 11) is 1.80. The van der Waals surface area contributed by atoms with E-state index in [0.29, 0.717) is 0 Å². The fraction of sp³-hybridized carbons (Fsp3) is 0.562. The molecule has 4 nitrogen and oxygen atoms in total. The highest BCUT2D eigenvalue weighted by molar-refractivity contribution is 7.99. The molecule has 21 heavy (non-hydrogen) atoms. The highest BCUT2D eigenvalue weighted by Gasteiger charge is 2.07. The number of thioether (sulfide) groups is 1. The van der Waals surface area contributed by atoms with Gasteiger partial charge in [0.1, 0.15) is 0 Å². The highest BCUT2D eigenvalue weighted by atomic mass is 32.2. The molecule has 1 aromatic rings. The molecule has 1 rings (SSSR count). The summed E-state index contributed by atoms with van der Waals surface area (Å²) in [5, 5.41) is 10.1. The van der Waals surface area contributed by atoms with Crippen molar-refractivity contribution >= 4 is 17.7 Å². The maximum atomic E-state index is 4.22. The largest absolute Gasteiger partial charge is 0.356 e. The Kier molecular flexibility index (Phi) is 8.23. The predicted octanol–water partition coefficient (Wildman–Crippen LogP) is 2.33. The van der Waals surface area contributed by atoms with Crippen LogP contribution in [0.4, 0.5) is 0 Å². The molecular formula is C16H28N4S. The molecule has 1 aromatic carbocycles. The Labute approximate surface area is 133 Å². The molecule has 0 aliphatic carbocycles. The van der Waals surface area contributed by atoms with Crippen LogP contribution >= 0.6 is 11.8 Å². The van der Waals surface area contributed by atoms with Gasteiger partial charge in [0.2, 0.25) is 0 Å². The van der Waals surface area contributed by atoms with E-state index in [2.05, 4.69) is 66.0 Å². The predicted molar refractivity (Wildman–Crippen MR) is 94.3 cm³/mol. The van der Waals surface area contributed by atoms with Crippen molar-refractivity contribution in [2.75, 3.05) is 32.4 Å². The molecule has 118 valence electrons. The molecule has 0 atom stereocenters. The zero-order valence-corrected chi connectivity index (χ0v) is 14.4. The summed E-state index contributed by atoms with van der Waals surface area (Å²) in [5.74, 6) is 1.88. The van der Waals surface area contributed by atoms with Crippen LogP contribution < -0.4 is 16.0 Å². The summed E-state index contributed by atoms with van der Waals surface area (Å²) < 4.78 is 0. The summed E-state index contributed by atoms with van der Waals surface area (Å²) in [6.45, 7) is 9.18. The molecule has 0 unspecified atom stereocenters. The molecule has 0 aliphatic rings. The Hall–Kier alpha value is -1.20. The van der Waals surface area contributed by atoms with Crippen LogP contribution in [0, 0.1) is 0 Å². The van der Waals surface area contributed by atoms with Crippen molar-refractivity contribution in [1.82, 2.24) is 16.0 Å².